The molecule has 0 spiro atoms. The largest absolute Gasteiger partial charge is 0.319 e. The van der Waals surface area contributed by atoms with Gasteiger partial charge in [0, 0.05) is 17.7 Å². The Bertz CT molecular complexity index is 528. The van der Waals surface area contributed by atoms with Gasteiger partial charge < -0.3 is 44.8 Å². The lowest BCUT2D eigenvalue weighted by Gasteiger charge is -2.47. The van der Waals surface area contributed by atoms with E-state index in [1.807, 2.05) is 0 Å². The van der Waals surface area contributed by atoms with Crippen molar-refractivity contribution in [3.8, 4) is 0 Å². The molecule has 0 aromatic heterocycles. The minimum Gasteiger partial charge on any atom is -0.314 e. The van der Waals surface area contributed by atoms with Gasteiger partial charge in [0.05, 0.1) is 0 Å². The second-order valence-electron chi connectivity index (χ2n) is 12.6. The fourth-order valence-corrected chi connectivity index (χ4v) is 21.2. The first-order chi connectivity index (χ1) is 20.1. The quantitative estimate of drug-likeness (QED) is 0.0613. The summed E-state index contributed by atoms with van der Waals surface area (Å²) < 4.78 is 0. The number of hydrogen-bond acceptors (Lipinski definition) is 11. The lowest BCUT2D eigenvalue weighted by molar-refractivity contribution is 0.345. The predicted octanol–water partition coefficient (Wildman–Crippen LogP) is 2.09. The Labute approximate surface area is 273 Å². The number of rotatable bonds is 22. The first kappa shape index (κ1) is 47.6. The van der Waals surface area contributed by atoms with Crippen LogP contribution in [0.4, 0.5) is 0 Å². The Morgan fingerprint density at radius 2 is 0.558 bits per heavy atom. The monoisotopic (exact) mass is 668 g/mol. The van der Waals surface area contributed by atoms with Gasteiger partial charge in [-0.05, 0) is 106 Å². The highest BCUT2D eigenvalue weighted by molar-refractivity contribution is 7.36. The van der Waals surface area contributed by atoms with Crippen LogP contribution in [0.1, 0.15) is 111 Å². The molecule has 0 fully saturated rings. The second-order valence-corrected chi connectivity index (χ2v) is 25.8. The Hall–Kier alpha value is 0.211. The molecule has 43 heavy (non-hydrogen) atoms. The smallest absolute Gasteiger partial charge is 0.314 e. The summed E-state index contributed by atoms with van der Waals surface area (Å²) in [7, 11) is -5.68. The highest BCUT2D eigenvalue weighted by atomic mass is 29.3. The van der Waals surface area contributed by atoms with Gasteiger partial charge in [0.15, 0.2) is 0 Å². The third kappa shape index (κ3) is 21.6. The van der Waals surface area contributed by atoms with E-state index in [0.717, 1.165) is 65.6 Å². The molecule has 0 amide bonds. The lowest BCUT2D eigenvalue weighted by atomic mass is 10.1. The average molecular weight is 668 g/mol. The Morgan fingerprint density at radius 1 is 0.349 bits per heavy atom. The summed E-state index contributed by atoms with van der Waals surface area (Å²) >= 11 is 0. The lowest BCUT2D eigenvalue weighted by Crippen LogP contribution is -2.98. The normalized spacial score (nSPS) is 12.8. The molecule has 264 valence electrons. The van der Waals surface area contributed by atoms with Crippen LogP contribution < -0.4 is 55.5 Å². The van der Waals surface area contributed by atoms with Crippen LogP contribution in [0.15, 0.2) is 0 Å². The Morgan fingerprint density at radius 3 is 0.698 bits per heavy atom. The van der Waals surface area contributed by atoms with Gasteiger partial charge >= 0.3 is 16.2 Å². The molecule has 14 heteroatoms. The highest BCUT2D eigenvalue weighted by Gasteiger charge is 2.57. The van der Waals surface area contributed by atoms with E-state index in [9.17, 15) is 0 Å². The molecule has 0 unspecified atom stereocenters. The second kappa shape index (κ2) is 26.3. The molecule has 0 aromatic rings. The van der Waals surface area contributed by atoms with Crippen molar-refractivity contribution in [2.24, 2.45) is 0 Å². The van der Waals surface area contributed by atoms with Gasteiger partial charge in [0.25, 0.3) is 8.56 Å². The summed E-state index contributed by atoms with van der Waals surface area (Å²) in [4.78, 5) is 33.4. The van der Waals surface area contributed by atoms with E-state index in [1.54, 1.807) is 0 Å². The fraction of sp³-hybridized carbons (Fsp3) is 1.00. The summed E-state index contributed by atoms with van der Waals surface area (Å²) in [6, 6.07) is 1.18. The van der Waals surface area contributed by atoms with Crippen LogP contribution in [-0.2, 0) is 0 Å². The highest BCUT2D eigenvalue weighted by Crippen LogP contribution is 2.04. The van der Waals surface area contributed by atoms with Gasteiger partial charge in [0.2, 0.25) is 0 Å². The summed E-state index contributed by atoms with van der Waals surface area (Å²) in [6.07, 6.45) is 0. The van der Waals surface area contributed by atoms with E-state index in [4.69, 9.17) is 0 Å². The zero-order valence-electron chi connectivity index (χ0n) is 31.8. The molecule has 0 saturated carbocycles. The van der Waals surface area contributed by atoms with Gasteiger partial charge in [-0.3, -0.25) is 10.6 Å². The van der Waals surface area contributed by atoms with Gasteiger partial charge in [-0.1, -0.05) is 69.2 Å². The van der Waals surface area contributed by atoms with Crippen molar-refractivity contribution in [1.82, 2.24) is 55.5 Å². The van der Waals surface area contributed by atoms with Crippen molar-refractivity contribution in [2.75, 3.05) is 65.6 Å². The van der Waals surface area contributed by atoms with E-state index in [0.29, 0.717) is 0 Å². The summed E-state index contributed by atoms with van der Waals surface area (Å²) in [5.74, 6) is 0. The molecule has 0 saturated heterocycles. The SMILES string of the molecule is CC(C)(C)NCNC(C)(C)C.CCN[Si](CC)(NCC)NCC.CCN[Si](NCC)(NCC)[Si](NCC)(NCC)NCC. The third-order valence-corrected chi connectivity index (χ3v) is 23.3. The summed E-state index contributed by atoms with van der Waals surface area (Å²) in [5.41, 5.74) is 0.413. The molecule has 0 aliphatic carbocycles. The molecule has 0 heterocycles. The Balaban J connectivity index is -0.000000597. The zero-order chi connectivity index (χ0) is 34.1. The van der Waals surface area contributed by atoms with Crippen molar-refractivity contribution in [1.29, 1.82) is 0 Å². The van der Waals surface area contributed by atoms with Gasteiger partial charge in [-0.15, -0.1) is 0 Å². The van der Waals surface area contributed by atoms with Gasteiger partial charge in [-0.25, -0.2) is 0 Å². The van der Waals surface area contributed by atoms with Gasteiger partial charge in [0.1, 0.15) is 0 Å². The van der Waals surface area contributed by atoms with Crippen molar-refractivity contribution < 1.29 is 0 Å². The minimum atomic E-state index is -2.08. The number of nitrogens with one attached hydrogen (secondary N) is 11. The molecule has 0 radical (unpaired) electrons. The van der Waals surface area contributed by atoms with Crippen LogP contribution in [0, 0.1) is 0 Å². The first-order valence-electron chi connectivity index (χ1n) is 17.3. The van der Waals surface area contributed by atoms with E-state index in [1.165, 1.54) is 6.04 Å². The van der Waals surface area contributed by atoms with Gasteiger partial charge in [-0.2, -0.15) is 0 Å². The van der Waals surface area contributed by atoms with E-state index in [2.05, 4.69) is 166 Å². The third-order valence-electron chi connectivity index (χ3n) is 6.42. The van der Waals surface area contributed by atoms with E-state index >= 15 is 0 Å². The predicted molar refractivity (Wildman–Crippen MR) is 201 cm³/mol. The van der Waals surface area contributed by atoms with Crippen molar-refractivity contribution in [3.63, 3.8) is 0 Å². The van der Waals surface area contributed by atoms with Crippen molar-refractivity contribution in [3.05, 3.63) is 0 Å². The van der Waals surface area contributed by atoms with Crippen LogP contribution in [-0.4, -0.2) is 101 Å². The fourth-order valence-electron chi connectivity index (χ4n) is 4.80. The van der Waals surface area contributed by atoms with Crippen LogP contribution in [0.2, 0.25) is 6.04 Å². The molecule has 0 bridgehead atoms. The van der Waals surface area contributed by atoms with Crippen LogP contribution in [0.5, 0.6) is 0 Å². The van der Waals surface area contributed by atoms with E-state index in [-0.39, 0.29) is 11.1 Å². The van der Waals surface area contributed by atoms with Crippen molar-refractivity contribution in [2.45, 2.75) is 128 Å². The molecular weight excluding hydrogens is 587 g/mol. The average Bonchev–Trinajstić information content (AvgIpc) is 2.89. The molecule has 0 aliphatic rings. The summed E-state index contributed by atoms with van der Waals surface area (Å²) in [6.45, 7) is 44.5. The molecule has 11 N–H and O–H groups in total. The zero-order valence-corrected chi connectivity index (χ0v) is 34.8. The van der Waals surface area contributed by atoms with Crippen LogP contribution in [0.25, 0.3) is 0 Å². The van der Waals surface area contributed by atoms with Crippen molar-refractivity contribution >= 4 is 24.7 Å². The van der Waals surface area contributed by atoms with Crippen LogP contribution >= 0.6 is 0 Å². The molecule has 0 atom stereocenters. The standard InChI is InChI=1S/C12H36N6Si2.C9H22N2.C8H23N3Si/c1-7-13-19(14-8-2,15-9-3)20(16-10-4,17-11-5)18-12-6;1-8(2,3)10-7-11-9(4,5)6;1-5-9-12(8-4,10-6-2)11-7-3/h13-18H,7-12H2,1-6H3;10-11H,7H2,1-6H3;9-11H,5-8H2,1-4H3. The van der Waals surface area contributed by atoms with Crippen LogP contribution in [0.3, 0.4) is 0 Å². The molecule has 0 aromatic carbocycles. The maximum absolute atomic E-state index is 3.78. The topological polar surface area (TPSA) is 132 Å². The summed E-state index contributed by atoms with van der Waals surface area (Å²) in [5, 5.41) is 6.73. The minimum absolute atomic E-state index is 0.207. The Kier molecular flexibility index (Phi) is 29.1. The first-order valence-corrected chi connectivity index (χ1v) is 24.5. The molecular formula is C29H81N11Si3. The molecule has 0 aliphatic heterocycles. The maximum atomic E-state index is 3.78. The molecule has 11 nitrogen and oxygen atoms in total. The molecule has 0 rings (SSSR count). The number of hydrogen-bond donors (Lipinski definition) is 11. The van der Waals surface area contributed by atoms with E-state index < -0.39 is 24.7 Å². The maximum Gasteiger partial charge on any atom is 0.319 e.